The molecule has 2 aliphatic rings. The lowest BCUT2D eigenvalue weighted by molar-refractivity contribution is 0.586. The van der Waals surface area contributed by atoms with Crippen LogP contribution in [0.4, 0.5) is 11.4 Å². The molecule has 0 saturated heterocycles. The number of anilines is 2. The Morgan fingerprint density at radius 3 is 1.72 bits per heavy atom. The maximum atomic E-state index is 6.41. The summed E-state index contributed by atoms with van der Waals surface area (Å²) in [7, 11) is 0. The van der Waals surface area contributed by atoms with Gasteiger partial charge in [0.25, 0.3) is 0 Å². The molecule has 0 amide bonds. The molecule has 47 heavy (non-hydrogen) atoms. The SMILES string of the molecule is CC(C)(C)c1ccc2c(c1)C1(c3ccccc3-c3ccc(Nc4cccc5c4oc4ccccc45)cc31)c1cc(C(C)(C)C)ccc1-2. The van der Waals surface area contributed by atoms with Crippen LogP contribution in [0.25, 0.3) is 44.2 Å². The van der Waals surface area contributed by atoms with Crippen LogP contribution in [0.3, 0.4) is 0 Å². The van der Waals surface area contributed by atoms with Crippen molar-refractivity contribution in [2.24, 2.45) is 0 Å². The van der Waals surface area contributed by atoms with Crippen molar-refractivity contribution in [1.82, 2.24) is 0 Å². The fraction of sp³-hybridized carbons (Fsp3) is 0.200. The fourth-order valence-corrected chi connectivity index (χ4v) is 8.20. The molecule has 1 heterocycles. The van der Waals surface area contributed by atoms with Crippen molar-refractivity contribution in [2.75, 3.05) is 5.32 Å². The molecular weight excluding hydrogens is 571 g/mol. The molecule has 2 heteroatoms. The van der Waals surface area contributed by atoms with E-state index in [2.05, 4.69) is 156 Å². The highest BCUT2D eigenvalue weighted by Crippen LogP contribution is 2.63. The molecule has 2 nitrogen and oxygen atoms in total. The van der Waals surface area contributed by atoms with Crippen molar-refractivity contribution < 1.29 is 4.42 Å². The third-order valence-corrected chi connectivity index (χ3v) is 10.6. The van der Waals surface area contributed by atoms with E-state index in [0.29, 0.717) is 0 Å². The molecule has 6 aromatic carbocycles. The van der Waals surface area contributed by atoms with Crippen LogP contribution in [-0.2, 0) is 16.2 Å². The van der Waals surface area contributed by atoms with Crippen LogP contribution in [-0.4, -0.2) is 0 Å². The second-order valence-corrected chi connectivity index (χ2v) is 15.5. The summed E-state index contributed by atoms with van der Waals surface area (Å²) in [5.41, 5.74) is 16.9. The molecule has 0 aliphatic heterocycles. The molecule has 2 aliphatic carbocycles. The molecule has 0 unspecified atom stereocenters. The van der Waals surface area contributed by atoms with Gasteiger partial charge >= 0.3 is 0 Å². The first kappa shape index (κ1) is 28.2. The molecule has 230 valence electrons. The first-order valence-electron chi connectivity index (χ1n) is 16.8. The standard InChI is InChI=1S/C45H39NO/c1-43(2,3)27-18-21-31-32-22-19-28(44(4,5)6)25-38(32)45(37(31)24-27)36-15-9-7-12-30(36)33-23-20-29(26-39(33)45)46-40-16-11-14-35-34-13-8-10-17-41(34)47-42(35)40/h7-26,46H,1-6H3. The second kappa shape index (κ2) is 9.48. The Bertz CT molecular complexity index is 2350. The van der Waals surface area contributed by atoms with Gasteiger partial charge < -0.3 is 9.73 Å². The molecule has 0 fully saturated rings. The number of para-hydroxylation sites is 2. The van der Waals surface area contributed by atoms with Gasteiger partial charge in [-0.05, 0) is 90.7 Å². The first-order valence-corrected chi connectivity index (χ1v) is 16.8. The zero-order chi connectivity index (χ0) is 32.3. The Morgan fingerprint density at radius 1 is 0.489 bits per heavy atom. The van der Waals surface area contributed by atoms with Gasteiger partial charge in [0.1, 0.15) is 5.58 Å². The van der Waals surface area contributed by atoms with E-state index in [4.69, 9.17) is 4.42 Å². The number of benzene rings is 6. The average Bonchev–Trinajstić information content (AvgIpc) is 3.68. The summed E-state index contributed by atoms with van der Waals surface area (Å²) in [6, 6.07) is 45.1. The molecular formula is C45H39NO. The van der Waals surface area contributed by atoms with Crippen LogP contribution in [0, 0.1) is 0 Å². The van der Waals surface area contributed by atoms with Gasteiger partial charge in [0, 0.05) is 16.5 Å². The fourth-order valence-electron chi connectivity index (χ4n) is 8.20. The smallest absolute Gasteiger partial charge is 0.158 e. The van der Waals surface area contributed by atoms with Crippen LogP contribution in [0.2, 0.25) is 0 Å². The van der Waals surface area contributed by atoms with E-state index in [1.807, 2.05) is 12.1 Å². The van der Waals surface area contributed by atoms with Crippen molar-refractivity contribution >= 4 is 33.3 Å². The van der Waals surface area contributed by atoms with E-state index < -0.39 is 5.41 Å². The maximum Gasteiger partial charge on any atom is 0.158 e. The predicted octanol–water partition coefficient (Wildman–Crippen LogP) is 12.3. The first-order chi connectivity index (χ1) is 22.5. The highest BCUT2D eigenvalue weighted by molar-refractivity contribution is 6.09. The molecule has 9 rings (SSSR count). The largest absolute Gasteiger partial charge is 0.454 e. The van der Waals surface area contributed by atoms with Gasteiger partial charge in [0.15, 0.2) is 5.58 Å². The molecule has 1 N–H and O–H groups in total. The van der Waals surface area contributed by atoms with Gasteiger partial charge in [0.05, 0.1) is 11.1 Å². The maximum absolute atomic E-state index is 6.41. The van der Waals surface area contributed by atoms with Crippen molar-refractivity contribution in [3.05, 3.63) is 155 Å². The summed E-state index contributed by atoms with van der Waals surface area (Å²) >= 11 is 0. The minimum atomic E-state index is -0.428. The molecule has 0 atom stereocenters. The van der Waals surface area contributed by atoms with Gasteiger partial charge in [0.2, 0.25) is 0 Å². The summed E-state index contributed by atoms with van der Waals surface area (Å²) < 4.78 is 6.41. The van der Waals surface area contributed by atoms with E-state index in [1.165, 1.54) is 55.6 Å². The third kappa shape index (κ3) is 3.91. The van der Waals surface area contributed by atoms with E-state index in [9.17, 15) is 0 Å². The van der Waals surface area contributed by atoms with E-state index in [0.717, 1.165) is 33.3 Å². The zero-order valence-corrected chi connectivity index (χ0v) is 28.0. The van der Waals surface area contributed by atoms with Gasteiger partial charge in [-0.3, -0.25) is 0 Å². The molecule has 0 radical (unpaired) electrons. The summed E-state index contributed by atoms with van der Waals surface area (Å²) in [6.07, 6.45) is 0. The number of fused-ring (bicyclic) bond motifs is 13. The Hall–Kier alpha value is -5.08. The lowest BCUT2D eigenvalue weighted by Crippen LogP contribution is -2.27. The molecule has 1 spiro atoms. The van der Waals surface area contributed by atoms with Gasteiger partial charge in [-0.15, -0.1) is 0 Å². The summed E-state index contributed by atoms with van der Waals surface area (Å²) in [5, 5.41) is 6.06. The Balaban J connectivity index is 1.32. The Labute approximate surface area is 277 Å². The van der Waals surface area contributed by atoms with Gasteiger partial charge in [-0.1, -0.05) is 139 Å². The summed E-state index contributed by atoms with van der Waals surface area (Å²) in [5.74, 6) is 0. The second-order valence-electron chi connectivity index (χ2n) is 15.5. The van der Waals surface area contributed by atoms with Gasteiger partial charge in [-0.2, -0.15) is 0 Å². The Kier molecular flexibility index (Phi) is 5.68. The van der Waals surface area contributed by atoms with Crippen molar-refractivity contribution in [2.45, 2.75) is 57.8 Å². The van der Waals surface area contributed by atoms with Crippen LogP contribution in [0.1, 0.15) is 74.9 Å². The topological polar surface area (TPSA) is 25.2 Å². The van der Waals surface area contributed by atoms with E-state index in [1.54, 1.807) is 0 Å². The van der Waals surface area contributed by atoms with Crippen LogP contribution in [0.5, 0.6) is 0 Å². The van der Waals surface area contributed by atoms with E-state index in [-0.39, 0.29) is 10.8 Å². The van der Waals surface area contributed by atoms with Crippen molar-refractivity contribution in [3.63, 3.8) is 0 Å². The van der Waals surface area contributed by atoms with Gasteiger partial charge in [-0.25, -0.2) is 0 Å². The Morgan fingerprint density at radius 2 is 1.04 bits per heavy atom. The number of hydrogen-bond acceptors (Lipinski definition) is 2. The molecule has 0 bridgehead atoms. The highest BCUT2D eigenvalue weighted by Gasteiger charge is 2.52. The molecule has 7 aromatic rings. The minimum Gasteiger partial charge on any atom is -0.454 e. The lowest BCUT2D eigenvalue weighted by Gasteiger charge is -2.33. The number of rotatable bonds is 2. The number of furan rings is 1. The van der Waals surface area contributed by atoms with Crippen LogP contribution >= 0.6 is 0 Å². The predicted molar refractivity (Wildman–Crippen MR) is 197 cm³/mol. The number of hydrogen-bond donors (Lipinski definition) is 1. The van der Waals surface area contributed by atoms with Crippen molar-refractivity contribution in [1.29, 1.82) is 0 Å². The monoisotopic (exact) mass is 609 g/mol. The average molecular weight is 610 g/mol. The third-order valence-electron chi connectivity index (χ3n) is 10.6. The number of nitrogens with one attached hydrogen (secondary N) is 1. The summed E-state index contributed by atoms with van der Waals surface area (Å²) in [6.45, 7) is 13.9. The van der Waals surface area contributed by atoms with E-state index >= 15 is 0 Å². The minimum absolute atomic E-state index is 0.0250. The highest BCUT2D eigenvalue weighted by atomic mass is 16.3. The normalized spacial score (nSPS) is 14.3. The molecule has 1 aromatic heterocycles. The summed E-state index contributed by atoms with van der Waals surface area (Å²) in [4.78, 5) is 0. The molecule has 0 saturated carbocycles. The van der Waals surface area contributed by atoms with Crippen LogP contribution < -0.4 is 5.32 Å². The zero-order valence-electron chi connectivity index (χ0n) is 28.0. The van der Waals surface area contributed by atoms with Crippen LogP contribution in [0.15, 0.2) is 126 Å². The quantitative estimate of drug-likeness (QED) is 0.211. The lowest BCUT2D eigenvalue weighted by atomic mass is 9.68. The van der Waals surface area contributed by atoms with Crippen molar-refractivity contribution in [3.8, 4) is 22.3 Å².